The Hall–Kier alpha value is -1.30. The van der Waals surface area contributed by atoms with E-state index in [0.717, 1.165) is 19.4 Å². The second-order valence-electron chi connectivity index (χ2n) is 19.0. The van der Waals surface area contributed by atoms with Gasteiger partial charge in [0, 0.05) is 57.0 Å². The molecule has 340 valence electrons. The molecule has 0 aliphatic carbocycles. The lowest BCUT2D eigenvalue weighted by Crippen LogP contribution is -2.61. The number of aliphatic hydroxyl groups is 2. The maximum absolute atomic E-state index is 14.4. The predicted octanol–water partition coefficient (Wildman–Crippen LogP) is 4.69. The Morgan fingerprint density at radius 3 is 1.98 bits per heavy atom. The molecule has 0 spiro atoms. The van der Waals surface area contributed by atoms with Crippen molar-refractivity contribution in [2.75, 3.05) is 55.6 Å². The number of hydrogen-bond acceptors (Lipinski definition) is 14. The SMILES string of the molecule is CC[C@H]1OC(=O)[C@H](C)[C@@H](OC2CC(C)(OC)C(OCCCN(C)C)C(C)O2)[C@H](C)[C@@H](OC2OC(C)CC(N(C)C)C2C)[C@](C)(OC)C[C@@H](C)C(=O)[C@H](C)[C@@H](O)[C@]1(C)O. The third-order valence-electron chi connectivity index (χ3n) is 13.6. The van der Waals surface area contributed by atoms with Crippen molar-refractivity contribution in [3.05, 3.63) is 0 Å². The Morgan fingerprint density at radius 2 is 1.43 bits per heavy atom. The van der Waals surface area contributed by atoms with E-state index in [9.17, 15) is 19.8 Å². The molecule has 0 radical (unpaired) electrons. The van der Waals surface area contributed by atoms with E-state index in [1.165, 1.54) is 6.92 Å². The zero-order valence-electron chi connectivity index (χ0n) is 39.0. The van der Waals surface area contributed by atoms with E-state index in [0.29, 0.717) is 13.0 Å². The van der Waals surface area contributed by atoms with Crippen molar-refractivity contribution in [1.82, 2.24) is 9.80 Å². The van der Waals surface area contributed by atoms with E-state index in [-0.39, 0.29) is 42.8 Å². The van der Waals surface area contributed by atoms with Gasteiger partial charge in [0.1, 0.15) is 23.6 Å². The molecule has 0 saturated carbocycles. The topological polar surface area (TPSA) is 155 Å². The lowest BCUT2D eigenvalue weighted by molar-refractivity contribution is -0.317. The van der Waals surface area contributed by atoms with Gasteiger partial charge in [-0.2, -0.15) is 0 Å². The molecule has 14 heteroatoms. The minimum Gasteiger partial charge on any atom is -0.459 e. The molecule has 0 aromatic carbocycles. The second-order valence-corrected chi connectivity index (χ2v) is 19.0. The third kappa shape index (κ3) is 11.8. The van der Waals surface area contributed by atoms with Gasteiger partial charge in [-0.15, -0.1) is 0 Å². The lowest BCUT2D eigenvalue weighted by Gasteiger charge is -2.50. The Morgan fingerprint density at radius 1 is 0.828 bits per heavy atom. The number of esters is 1. The number of aliphatic hydroxyl groups excluding tert-OH is 1. The van der Waals surface area contributed by atoms with Crippen molar-refractivity contribution < 1.29 is 57.7 Å². The van der Waals surface area contributed by atoms with Crippen LogP contribution in [-0.2, 0) is 47.5 Å². The number of nitrogens with zero attached hydrogens (tertiary/aromatic N) is 2. The maximum Gasteiger partial charge on any atom is 0.311 e. The highest BCUT2D eigenvalue weighted by Gasteiger charge is 2.54. The van der Waals surface area contributed by atoms with E-state index < -0.39 is 89.5 Å². The van der Waals surface area contributed by atoms with Crippen molar-refractivity contribution in [2.45, 2.75) is 186 Å². The summed E-state index contributed by atoms with van der Waals surface area (Å²) in [6, 6.07) is 0.167. The van der Waals surface area contributed by atoms with Crippen LogP contribution in [0.5, 0.6) is 0 Å². The molecule has 18 atom stereocenters. The fraction of sp³-hybridized carbons (Fsp3) is 0.955. The lowest BCUT2D eigenvalue weighted by atomic mass is 9.73. The number of cyclic esters (lactones) is 1. The number of hydrogen-bond donors (Lipinski definition) is 2. The number of carbonyl (C=O) groups is 2. The summed E-state index contributed by atoms with van der Waals surface area (Å²) in [7, 11) is 11.4. The first-order valence-corrected chi connectivity index (χ1v) is 21.7. The quantitative estimate of drug-likeness (QED) is 0.195. The van der Waals surface area contributed by atoms with Crippen LogP contribution < -0.4 is 0 Å². The summed E-state index contributed by atoms with van der Waals surface area (Å²) in [5.41, 5.74) is -3.85. The monoisotopic (exact) mass is 831 g/mol. The van der Waals surface area contributed by atoms with Crippen LogP contribution >= 0.6 is 0 Å². The van der Waals surface area contributed by atoms with Crippen LogP contribution in [0.15, 0.2) is 0 Å². The van der Waals surface area contributed by atoms with E-state index in [2.05, 4.69) is 30.8 Å². The van der Waals surface area contributed by atoms with Gasteiger partial charge in [0.2, 0.25) is 0 Å². The molecule has 3 rings (SSSR count). The number of carbonyl (C=O) groups excluding carboxylic acids is 2. The van der Waals surface area contributed by atoms with Gasteiger partial charge in [0.15, 0.2) is 12.6 Å². The molecule has 14 nitrogen and oxygen atoms in total. The number of ketones is 1. The van der Waals surface area contributed by atoms with Crippen molar-refractivity contribution in [3.8, 4) is 0 Å². The van der Waals surface area contributed by atoms with Gasteiger partial charge < -0.3 is 57.9 Å². The van der Waals surface area contributed by atoms with Crippen molar-refractivity contribution in [3.63, 3.8) is 0 Å². The molecule has 3 fully saturated rings. The molecule has 0 aromatic rings. The molecule has 3 saturated heterocycles. The highest BCUT2D eigenvalue weighted by molar-refractivity contribution is 5.83. The normalized spacial score (nSPS) is 45.3. The van der Waals surface area contributed by atoms with Crippen LogP contribution in [0.1, 0.15) is 108 Å². The van der Waals surface area contributed by atoms with Gasteiger partial charge >= 0.3 is 5.97 Å². The Kier molecular flexibility index (Phi) is 18.6. The van der Waals surface area contributed by atoms with E-state index in [4.69, 9.17) is 37.9 Å². The highest BCUT2D eigenvalue weighted by Crippen LogP contribution is 2.43. The molecule has 58 heavy (non-hydrogen) atoms. The Bertz CT molecular complexity index is 1300. The fourth-order valence-electron chi connectivity index (χ4n) is 9.80. The van der Waals surface area contributed by atoms with Crippen LogP contribution in [0.4, 0.5) is 0 Å². The summed E-state index contributed by atoms with van der Waals surface area (Å²) in [5, 5.41) is 23.3. The molecule has 3 aliphatic heterocycles. The summed E-state index contributed by atoms with van der Waals surface area (Å²) in [5.74, 6) is -4.04. The first-order valence-electron chi connectivity index (χ1n) is 21.7. The van der Waals surface area contributed by atoms with Gasteiger partial charge in [0.25, 0.3) is 0 Å². The fourth-order valence-corrected chi connectivity index (χ4v) is 9.80. The molecule has 0 amide bonds. The highest BCUT2D eigenvalue weighted by atomic mass is 16.7. The van der Waals surface area contributed by atoms with E-state index >= 15 is 0 Å². The summed E-state index contributed by atoms with van der Waals surface area (Å²) in [4.78, 5) is 32.9. The Labute approximate surface area is 350 Å². The summed E-state index contributed by atoms with van der Waals surface area (Å²) >= 11 is 0. The van der Waals surface area contributed by atoms with Crippen LogP contribution in [0.3, 0.4) is 0 Å². The van der Waals surface area contributed by atoms with Gasteiger partial charge in [-0.3, -0.25) is 9.59 Å². The van der Waals surface area contributed by atoms with Crippen LogP contribution in [0, 0.1) is 29.6 Å². The van der Waals surface area contributed by atoms with Gasteiger partial charge in [-0.05, 0) is 102 Å². The van der Waals surface area contributed by atoms with Crippen LogP contribution in [0.25, 0.3) is 0 Å². The molecule has 3 aliphatic rings. The zero-order valence-corrected chi connectivity index (χ0v) is 39.0. The largest absolute Gasteiger partial charge is 0.459 e. The summed E-state index contributed by atoms with van der Waals surface area (Å²) in [6.07, 6.45) is -4.33. The first kappa shape index (κ1) is 51.1. The number of rotatable bonds is 13. The number of ether oxygens (including phenoxy) is 8. The average Bonchev–Trinajstić information content (AvgIpc) is 3.16. The van der Waals surface area contributed by atoms with Crippen LogP contribution in [0.2, 0.25) is 0 Å². The zero-order chi connectivity index (χ0) is 44.1. The third-order valence-corrected chi connectivity index (χ3v) is 13.6. The van der Waals surface area contributed by atoms with Gasteiger partial charge in [-0.25, -0.2) is 0 Å². The van der Waals surface area contributed by atoms with Crippen LogP contribution in [-0.4, -0.2) is 165 Å². The van der Waals surface area contributed by atoms with Gasteiger partial charge in [-0.1, -0.05) is 34.6 Å². The molecule has 2 N–H and O–H groups in total. The standard InChI is InChI=1S/C44H82N2O12/c1-18-33-44(11,50)37(48)28(5)35(47)25(2)23-42(9,51-16)38(58-41-27(4)32(46(14)15)22-26(3)54-41)29(6)36(30(7)40(49)56-33)57-34-24-43(10,52-17)39(31(8)55-34)53-21-19-20-45(12)13/h25-34,36-39,41,48,50H,18-24H2,1-17H3/t25-,26?,27?,28+,29+,30-,31?,32?,33-,34?,36+,37-,38-,39?,41?,42-,43?,44-/m1/s1. The Balaban J connectivity index is 2.17. The summed E-state index contributed by atoms with van der Waals surface area (Å²) < 4.78 is 52.3. The van der Waals surface area contributed by atoms with Crippen molar-refractivity contribution in [2.24, 2.45) is 29.6 Å². The van der Waals surface area contributed by atoms with Crippen molar-refractivity contribution >= 4 is 11.8 Å². The molecule has 0 aromatic heterocycles. The number of methoxy groups -OCH3 is 2. The second kappa shape index (κ2) is 21.2. The minimum atomic E-state index is -1.93. The molecular weight excluding hydrogens is 748 g/mol. The minimum absolute atomic E-state index is 0.0456. The maximum atomic E-state index is 14.4. The van der Waals surface area contributed by atoms with Crippen molar-refractivity contribution in [1.29, 1.82) is 0 Å². The molecule has 8 unspecified atom stereocenters. The van der Waals surface area contributed by atoms with E-state index in [1.807, 2.05) is 55.6 Å². The smallest absolute Gasteiger partial charge is 0.311 e. The first-order chi connectivity index (χ1) is 26.9. The average molecular weight is 831 g/mol. The summed E-state index contributed by atoms with van der Waals surface area (Å²) in [6.45, 7) is 21.7. The van der Waals surface area contributed by atoms with Gasteiger partial charge in [0.05, 0.1) is 47.6 Å². The predicted molar refractivity (Wildman–Crippen MR) is 221 cm³/mol. The molecular formula is C44H82N2O12. The van der Waals surface area contributed by atoms with E-state index in [1.54, 1.807) is 35.0 Å². The molecule has 0 bridgehead atoms. The number of Topliss-reactive ketones (excluding diaryl/α,β-unsaturated/α-hetero) is 1. The molecule has 3 heterocycles.